The quantitative estimate of drug-likeness (QED) is 0.842. The molecule has 7 heteroatoms. The van der Waals surface area contributed by atoms with Crippen molar-refractivity contribution in [3.05, 3.63) is 23.4 Å². The summed E-state index contributed by atoms with van der Waals surface area (Å²) in [6.45, 7) is 14.3. The Bertz CT molecular complexity index is 682. The second kappa shape index (κ2) is 6.03. The Kier molecular flexibility index (Phi) is 4.23. The van der Waals surface area contributed by atoms with Crippen LogP contribution in [0.2, 0.25) is 0 Å². The molecule has 1 aliphatic heterocycles. The third-order valence-corrected chi connectivity index (χ3v) is 4.85. The molecule has 3 rings (SSSR count). The van der Waals surface area contributed by atoms with E-state index in [-0.39, 0.29) is 5.41 Å². The molecule has 23 heavy (non-hydrogen) atoms. The molecule has 0 spiro atoms. The summed E-state index contributed by atoms with van der Waals surface area (Å²) in [5, 5.41) is 1.02. The third-order valence-electron chi connectivity index (χ3n) is 3.98. The molecule has 0 atom stereocenters. The normalized spacial score (nSPS) is 16.0. The maximum atomic E-state index is 4.64. The van der Waals surface area contributed by atoms with Crippen LogP contribution in [0.25, 0.3) is 0 Å². The summed E-state index contributed by atoms with van der Waals surface area (Å²) in [6.07, 6.45) is 0. The van der Waals surface area contributed by atoms with Gasteiger partial charge in [0, 0.05) is 49.2 Å². The number of rotatable bonds is 2. The molecule has 0 radical (unpaired) electrons. The van der Waals surface area contributed by atoms with E-state index in [0.29, 0.717) is 0 Å². The van der Waals surface area contributed by atoms with Crippen molar-refractivity contribution < 1.29 is 0 Å². The zero-order valence-electron chi connectivity index (χ0n) is 14.5. The maximum Gasteiger partial charge on any atom is 0.205 e. The molecule has 1 fully saturated rings. The molecule has 0 unspecified atom stereocenters. The predicted molar refractivity (Wildman–Crippen MR) is 94.5 cm³/mol. The molecular formula is C16H24N6S. The SMILES string of the molecule is Cc1nc(N2CCN(c3nc(C)ns3)CC2)cc(C(C)(C)C)n1. The molecule has 0 saturated carbocycles. The molecule has 124 valence electrons. The van der Waals surface area contributed by atoms with Crippen LogP contribution in [0, 0.1) is 13.8 Å². The first-order valence-electron chi connectivity index (χ1n) is 7.99. The lowest BCUT2D eigenvalue weighted by molar-refractivity contribution is 0.561. The van der Waals surface area contributed by atoms with Crippen LogP contribution in [0.5, 0.6) is 0 Å². The number of hydrogen-bond acceptors (Lipinski definition) is 7. The van der Waals surface area contributed by atoms with Crippen molar-refractivity contribution in [2.75, 3.05) is 36.0 Å². The molecule has 1 aliphatic rings. The van der Waals surface area contributed by atoms with Crippen molar-refractivity contribution in [3.63, 3.8) is 0 Å². The fourth-order valence-electron chi connectivity index (χ4n) is 2.64. The molecule has 0 aromatic carbocycles. The molecule has 3 heterocycles. The minimum absolute atomic E-state index is 0.0361. The van der Waals surface area contributed by atoms with E-state index in [1.807, 2.05) is 13.8 Å². The minimum Gasteiger partial charge on any atom is -0.353 e. The molecule has 2 aromatic heterocycles. The van der Waals surface area contributed by atoms with E-state index < -0.39 is 0 Å². The predicted octanol–water partition coefficient (Wildman–Crippen LogP) is 2.57. The first-order valence-corrected chi connectivity index (χ1v) is 8.76. The highest BCUT2D eigenvalue weighted by Crippen LogP contribution is 2.25. The monoisotopic (exact) mass is 332 g/mol. The highest BCUT2D eigenvalue weighted by molar-refractivity contribution is 7.09. The molecule has 0 N–H and O–H groups in total. The van der Waals surface area contributed by atoms with Crippen LogP contribution in [-0.2, 0) is 5.41 Å². The Morgan fingerprint density at radius 3 is 2.13 bits per heavy atom. The zero-order chi connectivity index (χ0) is 16.6. The van der Waals surface area contributed by atoms with Crippen LogP contribution in [-0.4, -0.2) is 45.5 Å². The van der Waals surface area contributed by atoms with Crippen LogP contribution in [0.1, 0.15) is 38.1 Å². The molecule has 0 bridgehead atoms. The Morgan fingerprint density at radius 1 is 0.913 bits per heavy atom. The third kappa shape index (κ3) is 3.60. The second-order valence-corrected chi connectivity index (χ2v) is 7.74. The fraction of sp³-hybridized carbons (Fsp3) is 0.625. The van der Waals surface area contributed by atoms with E-state index >= 15 is 0 Å². The number of piperazine rings is 1. The second-order valence-electron chi connectivity index (χ2n) is 7.01. The summed E-state index contributed by atoms with van der Waals surface area (Å²) in [5.41, 5.74) is 1.14. The van der Waals surface area contributed by atoms with Gasteiger partial charge in [-0.3, -0.25) is 0 Å². The summed E-state index contributed by atoms with van der Waals surface area (Å²) >= 11 is 1.48. The van der Waals surface area contributed by atoms with Crippen LogP contribution in [0.15, 0.2) is 6.07 Å². The summed E-state index contributed by atoms with van der Waals surface area (Å²) in [4.78, 5) is 18.4. The number of aryl methyl sites for hydroxylation is 2. The van der Waals surface area contributed by atoms with E-state index in [4.69, 9.17) is 0 Å². The Balaban J connectivity index is 1.74. The highest BCUT2D eigenvalue weighted by Gasteiger charge is 2.23. The zero-order valence-corrected chi connectivity index (χ0v) is 15.3. The van der Waals surface area contributed by atoms with Gasteiger partial charge in [0.2, 0.25) is 5.13 Å². The molecular weight excluding hydrogens is 308 g/mol. The molecule has 1 saturated heterocycles. The lowest BCUT2D eigenvalue weighted by atomic mass is 9.92. The van der Waals surface area contributed by atoms with Crippen LogP contribution < -0.4 is 9.80 Å². The van der Waals surface area contributed by atoms with Gasteiger partial charge in [0.15, 0.2) is 0 Å². The lowest BCUT2D eigenvalue weighted by Crippen LogP contribution is -2.47. The first kappa shape index (κ1) is 16.1. The average molecular weight is 332 g/mol. The number of anilines is 2. The summed E-state index contributed by atoms with van der Waals surface area (Å²) in [6, 6.07) is 2.14. The summed E-state index contributed by atoms with van der Waals surface area (Å²) in [7, 11) is 0. The maximum absolute atomic E-state index is 4.64. The fourth-order valence-corrected chi connectivity index (χ4v) is 3.37. The smallest absolute Gasteiger partial charge is 0.205 e. The topological polar surface area (TPSA) is 58.0 Å². The van der Waals surface area contributed by atoms with E-state index in [2.05, 4.69) is 56.0 Å². The van der Waals surface area contributed by atoms with E-state index in [0.717, 1.165) is 54.5 Å². The van der Waals surface area contributed by atoms with Crippen molar-refractivity contribution >= 4 is 22.5 Å². The summed E-state index contributed by atoms with van der Waals surface area (Å²) in [5.74, 6) is 2.73. The Morgan fingerprint density at radius 2 is 1.57 bits per heavy atom. The Labute approximate surface area is 141 Å². The van der Waals surface area contributed by atoms with Crippen LogP contribution in [0.4, 0.5) is 10.9 Å². The Hall–Kier alpha value is -1.76. The van der Waals surface area contributed by atoms with Gasteiger partial charge in [-0.05, 0) is 13.8 Å². The van der Waals surface area contributed by atoms with Crippen LogP contribution >= 0.6 is 11.5 Å². The van der Waals surface area contributed by atoms with Crippen molar-refractivity contribution in [2.24, 2.45) is 0 Å². The lowest BCUT2D eigenvalue weighted by Gasteiger charge is -2.35. The van der Waals surface area contributed by atoms with Gasteiger partial charge >= 0.3 is 0 Å². The van der Waals surface area contributed by atoms with Gasteiger partial charge in [-0.25, -0.2) is 15.0 Å². The van der Waals surface area contributed by atoms with Gasteiger partial charge < -0.3 is 9.80 Å². The van der Waals surface area contributed by atoms with Gasteiger partial charge in [0.1, 0.15) is 17.5 Å². The van der Waals surface area contributed by atoms with E-state index in [1.54, 1.807) is 0 Å². The first-order chi connectivity index (χ1) is 10.8. The van der Waals surface area contributed by atoms with Crippen molar-refractivity contribution in [1.29, 1.82) is 0 Å². The van der Waals surface area contributed by atoms with Crippen molar-refractivity contribution in [1.82, 2.24) is 19.3 Å². The largest absolute Gasteiger partial charge is 0.353 e. The standard InChI is InChI=1S/C16H24N6S/c1-11-17-13(16(3,4)5)10-14(18-11)21-6-8-22(9-7-21)15-19-12(2)20-23-15/h10H,6-9H2,1-5H3. The number of nitrogens with zero attached hydrogens (tertiary/aromatic N) is 6. The van der Waals surface area contributed by atoms with Crippen LogP contribution in [0.3, 0.4) is 0 Å². The van der Waals surface area contributed by atoms with E-state index in [1.165, 1.54) is 11.5 Å². The highest BCUT2D eigenvalue weighted by atomic mass is 32.1. The van der Waals surface area contributed by atoms with Gasteiger partial charge in [-0.2, -0.15) is 4.37 Å². The average Bonchev–Trinajstić information content (AvgIpc) is 2.92. The van der Waals surface area contributed by atoms with Crippen molar-refractivity contribution in [3.8, 4) is 0 Å². The van der Waals surface area contributed by atoms with Crippen molar-refractivity contribution in [2.45, 2.75) is 40.0 Å². The molecule has 0 amide bonds. The summed E-state index contributed by atoms with van der Waals surface area (Å²) < 4.78 is 4.27. The van der Waals surface area contributed by atoms with E-state index in [9.17, 15) is 0 Å². The minimum atomic E-state index is 0.0361. The number of hydrogen-bond donors (Lipinski definition) is 0. The molecule has 6 nitrogen and oxygen atoms in total. The number of aromatic nitrogens is 4. The van der Waals surface area contributed by atoms with Gasteiger partial charge in [-0.15, -0.1) is 0 Å². The molecule has 0 aliphatic carbocycles. The molecule has 2 aromatic rings. The van der Waals surface area contributed by atoms with Gasteiger partial charge in [-0.1, -0.05) is 20.8 Å². The van der Waals surface area contributed by atoms with Gasteiger partial charge in [0.25, 0.3) is 0 Å². The van der Waals surface area contributed by atoms with Gasteiger partial charge in [0.05, 0.1) is 5.69 Å².